The average Bonchev–Trinajstić information content (AvgIpc) is 2.63. The van der Waals surface area contributed by atoms with E-state index in [2.05, 4.69) is 56.3 Å². The molecule has 3 rings (SSSR count). The molecule has 0 aliphatic heterocycles. The first-order valence-corrected chi connectivity index (χ1v) is 10.5. The second kappa shape index (κ2) is 8.77. The number of hydrogen-bond donors (Lipinski definition) is 1. The Morgan fingerprint density at radius 1 is 1.15 bits per heavy atom. The SMILES string of the molecule is Cc1cccc(C(C2CCCCC2(O)CCc2ccccc2Cl)N(C)C)c1. The summed E-state index contributed by atoms with van der Waals surface area (Å²) in [4.78, 5) is 2.28. The van der Waals surface area contributed by atoms with Crippen molar-refractivity contribution in [1.29, 1.82) is 0 Å². The van der Waals surface area contributed by atoms with Gasteiger partial charge in [0.15, 0.2) is 0 Å². The van der Waals surface area contributed by atoms with Crippen LogP contribution in [0.4, 0.5) is 0 Å². The second-order valence-corrected chi connectivity index (χ2v) is 8.78. The summed E-state index contributed by atoms with van der Waals surface area (Å²) in [5.41, 5.74) is 3.06. The molecular formula is C24H32ClNO. The third-order valence-electron chi connectivity index (χ3n) is 6.17. The fourth-order valence-corrected chi connectivity index (χ4v) is 5.04. The van der Waals surface area contributed by atoms with Crippen LogP contribution >= 0.6 is 11.6 Å². The van der Waals surface area contributed by atoms with Gasteiger partial charge in [-0.15, -0.1) is 0 Å². The van der Waals surface area contributed by atoms with Crippen molar-refractivity contribution < 1.29 is 5.11 Å². The molecule has 0 heterocycles. The first-order chi connectivity index (χ1) is 12.9. The Balaban J connectivity index is 1.87. The van der Waals surface area contributed by atoms with Crippen LogP contribution in [0.15, 0.2) is 48.5 Å². The van der Waals surface area contributed by atoms with E-state index in [0.29, 0.717) is 0 Å². The number of rotatable bonds is 6. The summed E-state index contributed by atoms with van der Waals surface area (Å²) in [5.74, 6) is 0.227. The van der Waals surface area contributed by atoms with Crippen molar-refractivity contribution >= 4 is 11.6 Å². The van der Waals surface area contributed by atoms with Crippen LogP contribution in [0.2, 0.25) is 5.02 Å². The van der Waals surface area contributed by atoms with E-state index in [9.17, 15) is 5.11 Å². The van der Waals surface area contributed by atoms with Crippen LogP contribution in [0.5, 0.6) is 0 Å². The van der Waals surface area contributed by atoms with Gasteiger partial charge < -0.3 is 10.0 Å². The van der Waals surface area contributed by atoms with E-state index in [4.69, 9.17) is 11.6 Å². The fourth-order valence-electron chi connectivity index (χ4n) is 4.81. The lowest BCUT2D eigenvalue weighted by molar-refractivity contribution is -0.0829. The molecule has 3 atom stereocenters. The average molecular weight is 386 g/mol. The molecule has 1 aliphatic rings. The molecular weight excluding hydrogens is 354 g/mol. The van der Waals surface area contributed by atoms with E-state index in [-0.39, 0.29) is 12.0 Å². The fraction of sp³-hybridized carbons (Fsp3) is 0.500. The molecule has 3 heteroatoms. The van der Waals surface area contributed by atoms with Crippen molar-refractivity contribution in [3.05, 3.63) is 70.2 Å². The highest BCUT2D eigenvalue weighted by Crippen LogP contribution is 2.46. The molecule has 2 nitrogen and oxygen atoms in total. The van der Waals surface area contributed by atoms with Gasteiger partial charge in [-0.3, -0.25) is 0 Å². The number of halogens is 1. The van der Waals surface area contributed by atoms with Crippen molar-refractivity contribution in [1.82, 2.24) is 4.90 Å². The molecule has 0 spiro atoms. The van der Waals surface area contributed by atoms with Gasteiger partial charge in [-0.1, -0.05) is 72.5 Å². The molecule has 3 unspecified atom stereocenters. The molecule has 146 valence electrons. The molecule has 0 saturated heterocycles. The lowest BCUT2D eigenvalue weighted by Gasteiger charge is -2.46. The zero-order valence-corrected chi connectivity index (χ0v) is 17.5. The highest BCUT2D eigenvalue weighted by Gasteiger charge is 2.44. The minimum Gasteiger partial charge on any atom is -0.390 e. The Morgan fingerprint density at radius 3 is 2.63 bits per heavy atom. The Hall–Kier alpha value is -1.35. The van der Waals surface area contributed by atoms with Crippen molar-refractivity contribution in [3.8, 4) is 0 Å². The van der Waals surface area contributed by atoms with Crippen LogP contribution in [0.25, 0.3) is 0 Å². The van der Waals surface area contributed by atoms with Crippen molar-refractivity contribution in [2.45, 2.75) is 57.1 Å². The van der Waals surface area contributed by atoms with E-state index in [1.165, 1.54) is 17.5 Å². The molecule has 2 aromatic carbocycles. The third-order valence-corrected chi connectivity index (χ3v) is 6.54. The number of aryl methyl sites for hydroxylation is 2. The zero-order valence-electron chi connectivity index (χ0n) is 16.8. The highest BCUT2D eigenvalue weighted by atomic mass is 35.5. The molecule has 27 heavy (non-hydrogen) atoms. The van der Waals surface area contributed by atoms with Gasteiger partial charge in [-0.2, -0.15) is 0 Å². The van der Waals surface area contributed by atoms with Crippen LogP contribution in [0.1, 0.15) is 54.8 Å². The van der Waals surface area contributed by atoms with Crippen LogP contribution in [-0.4, -0.2) is 29.7 Å². The maximum Gasteiger partial charge on any atom is 0.0697 e. The highest BCUT2D eigenvalue weighted by molar-refractivity contribution is 6.31. The maximum absolute atomic E-state index is 11.8. The number of aliphatic hydroxyl groups is 1. The van der Waals surface area contributed by atoms with Gasteiger partial charge in [0.25, 0.3) is 0 Å². The minimum absolute atomic E-state index is 0.224. The Labute approximate surface area is 169 Å². The topological polar surface area (TPSA) is 23.5 Å². The van der Waals surface area contributed by atoms with Crippen molar-refractivity contribution in [2.75, 3.05) is 14.1 Å². The Kier molecular flexibility index (Phi) is 6.62. The van der Waals surface area contributed by atoms with Gasteiger partial charge in [0, 0.05) is 17.0 Å². The van der Waals surface area contributed by atoms with Crippen LogP contribution in [-0.2, 0) is 6.42 Å². The van der Waals surface area contributed by atoms with Gasteiger partial charge in [0.05, 0.1) is 5.60 Å². The number of hydrogen-bond acceptors (Lipinski definition) is 2. The quantitative estimate of drug-likeness (QED) is 0.678. The number of nitrogens with zero attached hydrogens (tertiary/aromatic N) is 1. The molecule has 0 bridgehead atoms. The molecule has 1 fully saturated rings. The van der Waals surface area contributed by atoms with Gasteiger partial charge in [-0.25, -0.2) is 0 Å². The van der Waals surface area contributed by atoms with E-state index in [1.807, 2.05) is 18.2 Å². The molecule has 0 radical (unpaired) electrons. The second-order valence-electron chi connectivity index (χ2n) is 8.37. The third kappa shape index (κ3) is 4.74. The molecule has 0 aromatic heterocycles. The van der Waals surface area contributed by atoms with Gasteiger partial charge >= 0.3 is 0 Å². The molecule has 1 N–H and O–H groups in total. The van der Waals surface area contributed by atoms with Crippen LogP contribution < -0.4 is 0 Å². The standard InChI is InChI=1S/C24H32ClNO/c1-18-9-8-11-20(17-18)23(26(2)3)21-12-6-7-15-24(21,27)16-14-19-10-4-5-13-22(19)25/h4-5,8-11,13,17,21,23,27H,6-7,12,14-16H2,1-3H3. The summed E-state index contributed by atoms with van der Waals surface area (Å²) in [5, 5.41) is 12.6. The molecule has 0 amide bonds. The monoisotopic (exact) mass is 385 g/mol. The predicted molar refractivity (Wildman–Crippen MR) is 114 cm³/mol. The predicted octanol–water partition coefficient (Wildman–Crippen LogP) is 5.81. The Bertz CT molecular complexity index is 760. The first kappa shape index (κ1) is 20.4. The largest absolute Gasteiger partial charge is 0.390 e. The van der Waals surface area contributed by atoms with Crippen LogP contribution in [0, 0.1) is 12.8 Å². The summed E-state index contributed by atoms with van der Waals surface area (Å²) in [6, 6.07) is 17.0. The molecule has 1 aliphatic carbocycles. The van der Waals surface area contributed by atoms with Gasteiger partial charge in [0.1, 0.15) is 0 Å². The van der Waals surface area contributed by atoms with E-state index >= 15 is 0 Å². The zero-order chi connectivity index (χ0) is 19.4. The van der Waals surface area contributed by atoms with E-state index in [1.54, 1.807) is 0 Å². The van der Waals surface area contributed by atoms with Crippen LogP contribution in [0.3, 0.4) is 0 Å². The summed E-state index contributed by atoms with van der Waals surface area (Å²) in [7, 11) is 4.27. The van der Waals surface area contributed by atoms with E-state index in [0.717, 1.165) is 42.7 Å². The normalized spacial score (nSPS) is 24.1. The van der Waals surface area contributed by atoms with Gasteiger partial charge in [0.2, 0.25) is 0 Å². The summed E-state index contributed by atoms with van der Waals surface area (Å²) in [6.07, 6.45) is 5.81. The smallest absolute Gasteiger partial charge is 0.0697 e. The summed E-state index contributed by atoms with van der Waals surface area (Å²) >= 11 is 6.36. The lowest BCUT2D eigenvalue weighted by Crippen LogP contribution is -2.47. The number of benzene rings is 2. The summed E-state index contributed by atoms with van der Waals surface area (Å²) < 4.78 is 0. The maximum atomic E-state index is 11.8. The van der Waals surface area contributed by atoms with E-state index < -0.39 is 5.60 Å². The van der Waals surface area contributed by atoms with Gasteiger partial charge in [-0.05, 0) is 63.9 Å². The Morgan fingerprint density at radius 2 is 1.93 bits per heavy atom. The minimum atomic E-state index is -0.657. The van der Waals surface area contributed by atoms with Crippen molar-refractivity contribution in [2.24, 2.45) is 5.92 Å². The summed E-state index contributed by atoms with van der Waals surface area (Å²) in [6.45, 7) is 2.14. The molecule has 1 saturated carbocycles. The van der Waals surface area contributed by atoms with Crippen molar-refractivity contribution in [3.63, 3.8) is 0 Å². The molecule has 2 aromatic rings. The first-order valence-electron chi connectivity index (χ1n) is 10.1. The lowest BCUT2D eigenvalue weighted by atomic mass is 9.67.